The summed E-state index contributed by atoms with van der Waals surface area (Å²) in [5, 5.41) is 1.78. The van der Waals surface area contributed by atoms with Gasteiger partial charge in [0.15, 0.2) is 16.3 Å². The topological polar surface area (TPSA) is 46.6 Å². The van der Waals surface area contributed by atoms with E-state index in [2.05, 4.69) is 20.1 Å². The molecule has 0 bridgehead atoms. The van der Waals surface area contributed by atoms with Gasteiger partial charge in [-0.05, 0) is 0 Å². The molecule has 1 amide bonds. The third-order valence-electron chi connectivity index (χ3n) is 1.78. The fraction of sp³-hybridized carbons (Fsp3) is 0.333. The summed E-state index contributed by atoms with van der Waals surface area (Å²) in [6, 6.07) is 0. The van der Waals surface area contributed by atoms with Crippen LogP contribution in [0.4, 0.5) is 0 Å². The molecule has 0 spiro atoms. The first-order valence-corrected chi connectivity index (χ1v) is 4.83. The molecule has 0 radical (unpaired) electrons. The summed E-state index contributed by atoms with van der Waals surface area (Å²) in [4.78, 5) is 23.4. The summed E-state index contributed by atoms with van der Waals surface area (Å²) >= 11 is 4.05. The monoisotopic (exact) mass is 249 g/mol. The number of hydrogen-bond acceptors (Lipinski definition) is 4. The molecular formula is C6H4BrNO3S. The van der Waals surface area contributed by atoms with Crippen molar-refractivity contribution in [3.8, 4) is 0 Å². The quantitative estimate of drug-likeness (QED) is 0.651. The minimum Gasteiger partial charge on any atom is -0.379 e. The van der Waals surface area contributed by atoms with Gasteiger partial charge in [0.25, 0.3) is 0 Å². The molecule has 64 valence electrons. The molecule has 12 heavy (non-hydrogen) atoms. The number of β-lactam (4-membered cyclic amide) rings is 1. The Labute approximate surface area is 81.4 Å². The first kappa shape index (κ1) is 8.12. The van der Waals surface area contributed by atoms with E-state index in [4.69, 9.17) is 0 Å². The molecule has 2 aliphatic heterocycles. The Hall–Kier alpha value is -0.490. The van der Waals surface area contributed by atoms with E-state index in [-0.39, 0.29) is 11.3 Å². The molecule has 1 fully saturated rings. The molecule has 0 aromatic heterocycles. The van der Waals surface area contributed by atoms with Crippen LogP contribution in [0.2, 0.25) is 0 Å². The number of amides is 1. The molecule has 2 aliphatic rings. The van der Waals surface area contributed by atoms with Crippen molar-refractivity contribution in [2.24, 2.45) is 0 Å². The van der Waals surface area contributed by atoms with Crippen molar-refractivity contribution >= 4 is 39.9 Å². The number of carbonyl (C=O) groups is 2. The van der Waals surface area contributed by atoms with Crippen LogP contribution >= 0.6 is 28.0 Å². The van der Waals surface area contributed by atoms with Gasteiger partial charge in [-0.25, -0.2) is 4.79 Å². The van der Waals surface area contributed by atoms with E-state index in [9.17, 15) is 9.59 Å². The maximum absolute atomic E-state index is 11.0. The van der Waals surface area contributed by atoms with Gasteiger partial charge in [-0.3, -0.25) is 9.69 Å². The molecule has 0 saturated carbocycles. The van der Waals surface area contributed by atoms with Gasteiger partial charge >= 0.3 is 5.97 Å². The van der Waals surface area contributed by atoms with Crippen LogP contribution in [0.1, 0.15) is 6.42 Å². The normalized spacial score (nSPS) is 26.1. The lowest BCUT2D eigenvalue weighted by atomic mass is 10.2. The van der Waals surface area contributed by atoms with Crippen LogP contribution in [-0.4, -0.2) is 22.2 Å². The van der Waals surface area contributed by atoms with E-state index in [0.717, 1.165) is 0 Å². The minimum atomic E-state index is -0.516. The molecule has 0 aliphatic carbocycles. The molecule has 1 saturated heterocycles. The highest BCUT2D eigenvalue weighted by Crippen LogP contribution is 2.41. The van der Waals surface area contributed by atoms with Gasteiger partial charge in [0, 0.05) is 5.41 Å². The zero-order chi connectivity index (χ0) is 8.72. The van der Waals surface area contributed by atoms with Gasteiger partial charge in [-0.2, -0.15) is 0 Å². The smallest absolute Gasteiger partial charge is 0.367 e. The van der Waals surface area contributed by atoms with Crippen LogP contribution < -0.4 is 0 Å². The molecule has 0 N–H and O–H groups in total. The molecule has 6 heteroatoms. The predicted molar refractivity (Wildman–Crippen MR) is 45.9 cm³/mol. The van der Waals surface area contributed by atoms with E-state index in [1.54, 1.807) is 5.41 Å². The van der Waals surface area contributed by atoms with Crippen LogP contribution in [0.3, 0.4) is 0 Å². The lowest BCUT2D eigenvalue weighted by molar-refractivity contribution is -0.143. The summed E-state index contributed by atoms with van der Waals surface area (Å²) < 4.78 is 4.33. The highest BCUT2D eigenvalue weighted by Gasteiger charge is 2.45. The van der Waals surface area contributed by atoms with E-state index in [0.29, 0.717) is 12.1 Å². The fourth-order valence-electron chi connectivity index (χ4n) is 1.17. The number of fused-ring (bicyclic) bond motifs is 1. The van der Waals surface area contributed by atoms with E-state index in [1.807, 2.05) is 0 Å². The van der Waals surface area contributed by atoms with Crippen LogP contribution in [0.5, 0.6) is 0 Å². The van der Waals surface area contributed by atoms with Crippen molar-refractivity contribution in [2.75, 3.05) is 0 Å². The van der Waals surface area contributed by atoms with Crippen LogP contribution in [0.15, 0.2) is 11.1 Å². The summed E-state index contributed by atoms with van der Waals surface area (Å²) in [5.41, 5.74) is 0.332. The first-order chi connectivity index (χ1) is 5.74. The first-order valence-electron chi connectivity index (χ1n) is 3.24. The molecule has 1 atom stereocenters. The Morgan fingerprint density at radius 1 is 1.83 bits per heavy atom. The zero-order valence-electron chi connectivity index (χ0n) is 5.82. The van der Waals surface area contributed by atoms with Crippen LogP contribution in [-0.2, 0) is 13.4 Å². The number of hydrogen-bond donors (Lipinski definition) is 0. The molecule has 0 aromatic carbocycles. The molecule has 4 nitrogen and oxygen atoms in total. The third-order valence-corrected chi connectivity index (χ3v) is 3.13. The number of nitrogens with zero attached hydrogens (tertiary/aromatic N) is 1. The fourth-order valence-corrected chi connectivity index (χ4v) is 2.42. The molecular weight excluding hydrogens is 246 g/mol. The Morgan fingerprint density at radius 3 is 3.17 bits per heavy atom. The molecule has 2 heterocycles. The Kier molecular flexibility index (Phi) is 1.88. The third kappa shape index (κ3) is 0.980. The standard InChI is InChI=1S/C6H4BrNO3S/c7-11-6(10)3-2-12-5-1-4(9)8(3)5/h2,5H,1H2. The minimum absolute atomic E-state index is 0.0193. The van der Waals surface area contributed by atoms with Gasteiger partial charge in [0.2, 0.25) is 5.91 Å². The maximum atomic E-state index is 11.0. The van der Waals surface area contributed by atoms with Gasteiger partial charge in [-0.15, -0.1) is 11.8 Å². The summed E-state index contributed by atoms with van der Waals surface area (Å²) in [6.07, 6.45) is 0.514. The van der Waals surface area contributed by atoms with Crippen molar-refractivity contribution in [2.45, 2.75) is 11.8 Å². The summed E-state index contributed by atoms with van der Waals surface area (Å²) in [6.45, 7) is 0. The molecule has 0 aromatic rings. The van der Waals surface area contributed by atoms with Gasteiger partial charge in [-0.1, -0.05) is 0 Å². The van der Waals surface area contributed by atoms with Gasteiger partial charge in [0.1, 0.15) is 5.70 Å². The Balaban J connectivity index is 2.17. The van der Waals surface area contributed by atoms with Crippen LogP contribution in [0, 0.1) is 0 Å². The lowest BCUT2D eigenvalue weighted by Gasteiger charge is -2.34. The number of carbonyl (C=O) groups excluding carboxylic acids is 2. The van der Waals surface area contributed by atoms with Crippen LogP contribution in [0.25, 0.3) is 0 Å². The Morgan fingerprint density at radius 2 is 2.58 bits per heavy atom. The highest BCUT2D eigenvalue weighted by atomic mass is 79.9. The Bertz CT molecular complexity index is 291. The largest absolute Gasteiger partial charge is 0.379 e. The maximum Gasteiger partial charge on any atom is 0.367 e. The average molecular weight is 250 g/mol. The second-order valence-corrected chi connectivity index (χ2v) is 3.80. The summed E-state index contributed by atoms with van der Waals surface area (Å²) in [5.74, 6) is -0.535. The van der Waals surface area contributed by atoms with Crippen molar-refractivity contribution in [3.05, 3.63) is 11.1 Å². The van der Waals surface area contributed by atoms with E-state index in [1.165, 1.54) is 16.7 Å². The van der Waals surface area contributed by atoms with E-state index >= 15 is 0 Å². The highest BCUT2D eigenvalue weighted by molar-refractivity contribution is 9.06. The average Bonchev–Trinajstić information content (AvgIpc) is 2.40. The molecule has 1 unspecified atom stereocenters. The van der Waals surface area contributed by atoms with E-state index < -0.39 is 5.97 Å². The molecule has 2 rings (SSSR count). The SMILES string of the molecule is O=C(OBr)C1=CSC2CC(=O)N12. The van der Waals surface area contributed by atoms with Crippen molar-refractivity contribution in [1.29, 1.82) is 0 Å². The summed E-state index contributed by atoms with van der Waals surface area (Å²) in [7, 11) is 0. The second-order valence-electron chi connectivity index (χ2n) is 2.43. The zero-order valence-corrected chi connectivity index (χ0v) is 8.22. The second kappa shape index (κ2) is 2.77. The van der Waals surface area contributed by atoms with Gasteiger partial charge < -0.3 is 3.83 Å². The number of rotatable bonds is 1. The van der Waals surface area contributed by atoms with Crippen molar-refractivity contribution < 1.29 is 13.4 Å². The number of thioether (sulfide) groups is 1. The van der Waals surface area contributed by atoms with Crippen molar-refractivity contribution in [1.82, 2.24) is 4.90 Å². The lowest BCUT2D eigenvalue weighted by Crippen LogP contribution is -2.48. The van der Waals surface area contributed by atoms with Gasteiger partial charge in [0.05, 0.1) is 11.8 Å². The predicted octanol–water partition coefficient (Wildman–Crippen LogP) is 0.986. The van der Waals surface area contributed by atoms with Crippen molar-refractivity contribution in [3.63, 3.8) is 0 Å². The number of halogens is 1.